The molecule has 5 rings (SSSR count). The Labute approximate surface area is 190 Å². The van der Waals surface area contributed by atoms with E-state index in [1.54, 1.807) is 35.3 Å². The minimum atomic E-state index is -0.880. The van der Waals surface area contributed by atoms with Crippen molar-refractivity contribution in [3.8, 4) is 28.6 Å². The second-order valence-electron chi connectivity index (χ2n) is 6.80. The zero-order chi connectivity index (χ0) is 22.8. The molecular weight excluding hydrogens is 454 g/mol. The Morgan fingerprint density at radius 2 is 1.73 bits per heavy atom. The van der Waals surface area contributed by atoms with Crippen LogP contribution >= 0.6 is 11.6 Å². The fourth-order valence-corrected chi connectivity index (χ4v) is 3.18. The number of halogens is 3. The first-order valence-electron chi connectivity index (χ1n) is 9.56. The molecule has 0 saturated heterocycles. The van der Waals surface area contributed by atoms with Crippen molar-refractivity contribution in [2.75, 3.05) is 0 Å². The molecule has 0 fully saturated rings. The molecule has 0 atom stereocenters. The molecule has 11 heteroatoms. The van der Waals surface area contributed by atoms with Gasteiger partial charge in [0, 0.05) is 30.2 Å². The minimum Gasteiger partial charge on any atom is -0.473 e. The third-order valence-electron chi connectivity index (χ3n) is 4.57. The van der Waals surface area contributed by atoms with Crippen molar-refractivity contribution in [3.63, 3.8) is 0 Å². The van der Waals surface area contributed by atoms with Crippen molar-refractivity contribution in [1.29, 1.82) is 0 Å². The summed E-state index contributed by atoms with van der Waals surface area (Å²) in [5.41, 5.74) is 1.81. The van der Waals surface area contributed by atoms with Gasteiger partial charge in [-0.3, -0.25) is 4.40 Å². The summed E-state index contributed by atoms with van der Waals surface area (Å²) in [6, 6.07) is 6.79. The summed E-state index contributed by atoms with van der Waals surface area (Å²) in [6.07, 6.45) is 9.42. The predicted molar refractivity (Wildman–Crippen MR) is 114 cm³/mol. The van der Waals surface area contributed by atoms with Gasteiger partial charge < -0.3 is 9.47 Å². The normalized spacial score (nSPS) is 11.0. The highest BCUT2D eigenvalue weighted by atomic mass is 35.5. The summed E-state index contributed by atoms with van der Waals surface area (Å²) in [5, 5.41) is 0.239. The number of imidazole rings is 1. The highest BCUT2D eigenvalue weighted by Gasteiger charge is 2.15. The Kier molecular flexibility index (Phi) is 5.49. The van der Waals surface area contributed by atoms with Crippen molar-refractivity contribution in [3.05, 3.63) is 90.0 Å². The van der Waals surface area contributed by atoms with Gasteiger partial charge in [0.2, 0.25) is 11.7 Å². The van der Waals surface area contributed by atoms with Gasteiger partial charge in [0.1, 0.15) is 23.8 Å². The van der Waals surface area contributed by atoms with Crippen LogP contribution in [-0.4, -0.2) is 29.3 Å². The van der Waals surface area contributed by atoms with Crippen LogP contribution in [-0.2, 0) is 6.61 Å². The molecule has 0 radical (unpaired) electrons. The highest BCUT2D eigenvalue weighted by molar-refractivity contribution is 6.29. The molecule has 33 heavy (non-hydrogen) atoms. The fraction of sp³-hybridized carbons (Fsp3) is 0.0455. The lowest BCUT2D eigenvalue weighted by atomic mass is 10.2. The summed E-state index contributed by atoms with van der Waals surface area (Å²) in [4.78, 5) is 20.4. The maximum absolute atomic E-state index is 14.5. The highest BCUT2D eigenvalue weighted by Crippen LogP contribution is 2.29. The van der Waals surface area contributed by atoms with E-state index in [4.69, 9.17) is 21.1 Å². The van der Waals surface area contributed by atoms with Crippen LogP contribution in [0.15, 0.2) is 67.6 Å². The van der Waals surface area contributed by atoms with E-state index in [0.717, 1.165) is 23.4 Å². The number of rotatable bonds is 6. The average molecular weight is 467 g/mol. The quantitative estimate of drug-likeness (QED) is 0.329. The molecule has 0 aliphatic heterocycles. The van der Waals surface area contributed by atoms with E-state index < -0.39 is 17.4 Å². The molecule has 4 aromatic heterocycles. The zero-order valence-electron chi connectivity index (χ0n) is 16.7. The monoisotopic (exact) mass is 466 g/mol. The van der Waals surface area contributed by atoms with E-state index in [-0.39, 0.29) is 29.0 Å². The third kappa shape index (κ3) is 4.41. The second-order valence-corrected chi connectivity index (χ2v) is 7.19. The maximum atomic E-state index is 14.5. The van der Waals surface area contributed by atoms with Crippen LogP contribution in [0.4, 0.5) is 8.78 Å². The van der Waals surface area contributed by atoms with Gasteiger partial charge in [-0.2, -0.15) is 4.98 Å². The van der Waals surface area contributed by atoms with Gasteiger partial charge >= 0.3 is 0 Å². The SMILES string of the molecule is Fc1cc(COc2ccn3c(-c4cncnc4)cnc3n2)cc(F)c1Oc1ccc(Cl)nc1. The molecule has 0 amide bonds. The van der Waals surface area contributed by atoms with Crippen LogP contribution in [0.2, 0.25) is 5.15 Å². The van der Waals surface area contributed by atoms with Gasteiger partial charge in [0.05, 0.1) is 18.1 Å². The lowest BCUT2D eigenvalue weighted by Gasteiger charge is -2.10. The van der Waals surface area contributed by atoms with Crippen LogP contribution in [0.25, 0.3) is 17.0 Å². The molecule has 1 aromatic carbocycles. The van der Waals surface area contributed by atoms with E-state index in [1.165, 1.54) is 24.7 Å². The van der Waals surface area contributed by atoms with Gasteiger partial charge in [-0.05, 0) is 29.8 Å². The molecule has 164 valence electrons. The van der Waals surface area contributed by atoms with Crippen molar-refractivity contribution in [1.82, 2.24) is 29.3 Å². The Balaban J connectivity index is 1.31. The summed E-state index contributed by atoms with van der Waals surface area (Å²) in [6.45, 7) is -0.111. The summed E-state index contributed by atoms with van der Waals surface area (Å²) in [7, 11) is 0. The van der Waals surface area contributed by atoms with Crippen LogP contribution in [0.5, 0.6) is 17.4 Å². The average Bonchev–Trinajstić information content (AvgIpc) is 3.25. The smallest absolute Gasteiger partial charge is 0.237 e. The Hall–Kier alpha value is -4.18. The Bertz CT molecular complexity index is 1410. The van der Waals surface area contributed by atoms with Crippen LogP contribution < -0.4 is 9.47 Å². The summed E-state index contributed by atoms with van der Waals surface area (Å²) in [5.74, 6) is -1.51. The molecule has 0 aliphatic rings. The van der Waals surface area contributed by atoms with Gasteiger partial charge in [0.25, 0.3) is 0 Å². The molecule has 0 aliphatic carbocycles. The van der Waals surface area contributed by atoms with Crippen LogP contribution in [0.1, 0.15) is 5.56 Å². The van der Waals surface area contributed by atoms with E-state index in [0.29, 0.717) is 5.78 Å². The topological polar surface area (TPSA) is 87.3 Å². The maximum Gasteiger partial charge on any atom is 0.237 e. The Morgan fingerprint density at radius 3 is 2.45 bits per heavy atom. The van der Waals surface area contributed by atoms with Gasteiger partial charge in [-0.15, -0.1) is 0 Å². The zero-order valence-corrected chi connectivity index (χ0v) is 17.4. The molecule has 0 spiro atoms. The number of hydrogen-bond acceptors (Lipinski definition) is 7. The standard InChI is InChI=1S/C22H13ClF2N6O2/c23-19-2-1-15(9-28-19)33-21-16(24)5-13(6-17(21)25)11-32-20-3-4-31-18(10-29-22(31)30-20)14-7-26-12-27-8-14/h1-10,12H,11H2. The number of ether oxygens (including phenoxy) is 2. The lowest BCUT2D eigenvalue weighted by Crippen LogP contribution is -2.02. The number of pyridine rings is 1. The first kappa shape index (κ1) is 20.7. The molecule has 0 unspecified atom stereocenters. The van der Waals surface area contributed by atoms with Crippen LogP contribution in [0.3, 0.4) is 0 Å². The van der Waals surface area contributed by atoms with Gasteiger partial charge in [-0.1, -0.05) is 11.6 Å². The van der Waals surface area contributed by atoms with Crippen molar-refractivity contribution in [2.45, 2.75) is 6.61 Å². The van der Waals surface area contributed by atoms with Crippen molar-refractivity contribution in [2.24, 2.45) is 0 Å². The van der Waals surface area contributed by atoms with Gasteiger partial charge in [-0.25, -0.2) is 28.7 Å². The first-order chi connectivity index (χ1) is 16.1. The van der Waals surface area contributed by atoms with E-state index >= 15 is 0 Å². The lowest BCUT2D eigenvalue weighted by molar-refractivity contribution is 0.292. The van der Waals surface area contributed by atoms with E-state index in [2.05, 4.69) is 24.9 Å². The number of nitrogens with zero attached hydrogens (tertiary/aromatic N) is 6. The summed E-state index contributed by atoms with van der Waals surface area (Å²) >= 11 is 5.70. The molecule has 0 bridgehead atoms. The Morgan fingerprint density at radius 1 is 0.939 bits per heavy atom. The number of benzene rings is 1. The van der Waals surface area contributed by atoms with E-state index in [1.807, 2.05) is 0 Å². The molecule has 8 nitrogen and oxygen atoms in total. The number of fused-ring (bicyclic) bond motifs is 1. The fourth-order valence-electron chi connectivity index (χ4n) is 3.07. The second kappa shape index (κ2) is 8.75. The predicted octanol–water partition coefficient (Wildman–Crippen LogP) is 4.88. The largest absolute Gasteiger partial charge is 0.473 e. The van der Waals surface area contributed by atoms with E-state index in [9.17, 15) is 8.78 Å². The van der Waals surface area contributed by atoms with Crippen molar-refractivity contribution < 1.29 is 18.3 Å². The number of aromatic nitrogens is 6. The molecular formula is C22H13ClF2N6O2. The number of hydrogen-bond donors (Lipinski definition) is 0. The third-order valence-corrected chi connectivity index (χ3v) is 4.80. The molecule has 4 heterocycles. The summed E-state index contributed by atoms with van der Waals surface area (Å²) < 4.78 is 41.6. The van der Waals surface area contributed by atoms with Crippen molar-refractivity contribution >= 4 is 17.4 Å². The van der Waals surface area contributed by atoms with Gasteiger partial charge in [0.15, 0.2) is 17.4 Å². The molecule has 0 N–H and O–H groups in total. The first-order valence-corrected chi connectivity index (χ1v) is 9.94. The molecule has 0 saturated carbocycles. The molecule has 5 aromatic rings. The minimum absolute atomic E-state index is 0.111. The van der Waals surface area contributed by atoms with Crippen LogP contribution in [0, 0.1) is 11.6 Å².